The van der Waals surface area contributed by atoms with Crippen LogP contribution in [0, 0.1) is 5.92 Å². The fourth-order valence-electron chi connectivity index (χ4n) is 2.94. The highest BCUT2D eigenvalue weighted by molar-refractivity contribution is 5.94. The normalized spacial score (nSPS) is 27.2. The number of hydrogen-bond acceptors (Lipinski definition) is 4. The maximum Gasteiger partial charge on any atom is 0.201 e. The van der Waals surface area contributed by atoms with Gasteiger partial charge < -0.3 is 14.5 Å². The van der Waals surface area contributed by atoms with Gasteiger partial charge in [0.05, 0.1) is 5.60 Å². The van der Waals surface area contributed by atoms with Gasteiger partial charge in [0.25, 0.3) is 0 Å². The van der Waals surface area contributed by atoms with Crippen LogP contribution in [0.15, 0.2) is 12.4 Å². The molecule has 3 heterocycles. The predicted molar refractivity (Wildman–Crippen MR) is 64.4 cm³/mol. The van der Waals surface area contributed by atoms with Crippen molar-refractivity contribution in [1.29, 1.82) is 0 Å². The van der Waals surface area contributed by atoms with E-state index in [-0.39, 0.29) is 17.3 Å². The number of imidazole rings is 1. The molecule has 0 aliphatic carbocycles. The number of carbonyl (C=O) groups excluding carboxylic acids is 1. The quantitative estimate of drug-likeness (QED) is 0.809. The lowest BCUT2D eigenvalue weighted by Crippen LogP contribution is -2.46. The van der Waals surface area contributed by atoms with Crippen molar-refractivity contribution >= 4 is 5.78 Å². The van der Waals surface area contributed by atoms with Crippen molar-refractivity contribution in [1.82, 2.24) is 9.97 Å². The number of ether oxygens (including phenoxy) is 2. The molecule has 1 unspecified atom stereocenters. The van der Waals surface area contributed by atoms with E-state index in [9.17, 15) is 4.79 Å². The van der Waals surface area contributed by atoms with Crippen molar-refractivity contribution in [3.63, 3.8) is 0 Å². The third-order valence-corrected chi connectivity index (χ3v) is 4.00. The number of nitrogens with one attached hydrogen (secondary N) is 1. The highest BCUT2D eigenvalue weighted by Crippen LogP contribution is 2.37. The van der Waals surface area contributed by atoms with Gasteiger partial charge in [-0.2, -0.15) is 0 Å². The molecule has 2 aliphatic heterocycles. The van der Waals surface area contributed by atoms with Gasteiger partial charge in [-0.3, -0.25) is 4.79 Å². The molecular weight excluding hydrogens is 232 g/mol. The Morgan fingerprint density at radius 1 is 1.39 bits per heavy atom. The summed E-state index contributed by atoms with van der Waals surface area (Å²) in [6.45, 7) is 2.14. The Kier molecular flexibility index (Phi) is 3.18. The van der Waals surface area contributed by atoms with E-state index in [2.05, 4.69) is 9.97 Å². The van der Waals surface area contributed by atoms with Crippen molar-refractivity contribution in [2.45, 2.75) is 31.3 Å². The first kappa shape index (κ1) is 11.9. The fourth-order valence-corrected chi connectivity index (χ4v) is 2.94. The molecule has 2 saturated heterocycles. The van der Waals surface area contributed by atoms with Gasteiger partial charge in [-0.1, -0.05) is 0 Å². The average molecular weight is 250 g/mol. The van der Waals surface area contributed by atoms with Crippen molar-refractivity contribution in [3.8, 4) is 0 Å². The van der Waals surface area contributed by atoms with E-state index in [1.54, 1.807) is 12.4 Å². The topological polar surface area (TPSA) is 64.2 Å². The zero-order valence-electron chi connectivity index (χ0n) is 10.4. The smallest absolute Gasteiger partial charge is 0.201 e. The van der Waals surface area contributed by atoms with Gasteiger partial charge in [0.1, 0.15) is 0 Å². The summed E-state index contributed by atoms with van der Waals surface area (Å²) >= 11 is 0. The molecule has 98 valence electrons. The lowest BCUT2D eigenvalue weighted by molar-refractivity contribution is -0.142. The van der Waals surface area contributed by atoms with Gasteiger partial charge in [0.15, 0.2) is 5.82 Å². The molecule has 1 N–H and O–H groups in total. The molecule has 0 radical (unpaired) electrons. The Morgan fingerprint density at radius 2 is 2.22 bits per heavy atom. The van der Waals surface area contributed by atoms with Crippen LogP contribution >= 0.6 is 0 Å². The molecule has 5 heteroatoms. The second kappa shape index (κ2) is 4.82. The van der Waals surface area contributed by atoms with E-state index in [0.717, 1.165) is 38.9 Å². The summed E-state index contributed by atoms with van der Waals surface area (Å²) in [5, 5.41) is 0. The van der Waals surface area contributed by atoms with Crippen LogP contribution < -0.4 is 0 Å². The molecule has 3 rings (SSSR count). The number of carbonyl (C=O) groups is 1. The number of rotatable bonds is 2. The lowest BCUT2D eigenvalue weighted by atomic mass is 9.79. The summed E-state index contributed by atoms with van der Waals surface area (Å²) in [7, 11) is 0. The Morgan fingerprint density at radius 3 is 2.94 bits per heavy atom. The van der Waals surface area contributed by atoms with Crippen LogP contribution in [0.25, 0.3) is 0 Å². The van der Waals surface area contributed by atoms with E-state index in [0.29, 0.717) is 12.4 Å². The number of hydrogen-bond donors (Lipinski definition) is 1. The minimum atomic E-state index is -0.135. The number of aromatic nitrogens is 2. The molecule has 0 bridgehead atoms. The monoisotopic (exact) mass is 250 g/mol. The Balaban J connectivity index is 1.72. The molecule has 5 nitrogen and oxygen atoms in total. The summed E-state index contributed by atoms with van der Waals surface area (Å²) in [6, 6.07) is 0. The van der Waals surface area contributed by atoms with Crippen LogP contribution in [-0.2, 0) is 9.47 Å². The molecule has 1 aromatic heterocycles. The molecule has 1 spiro atoms. The molecule has 18 heavy (non-hydrogen) atoms. The maximum atomic E-state index is 12.3. The summed E-state index contributed by atoms with van der Waals surface area (Å²) < 4.78 is 11.3. The number of aromatic amines is 1. The van der Waals surface area contributed by atoms with Crippen LogP contribution in [0.1, 0.15) is 36.3 Å². The third kappa shape index (κ3) is 2.20. The number of nitrogens with zero attached hydrogens (tertiary/aromatic N) is 1. The standard InChI is InChI=1S/C13H18N2O3/c16-11(12-14-4-5-15-12)10-1-6-18-13(9-10)2-7-17-8-3-13/h4-5,10H,1-3,6-9H2,(H,14,15). The van der Waals surface area contributed by atoms with Gasteiger partial charge in [-0.25, -0.2) is 4.98 Å². The second-order valence-electron chi connectivity index (χ2n) is 5.14. The van der Waals surface area contributed by atoms with Gasteiger partial charge in [0, 0.05) is 38.1 Å². The highest BCUT2D eigenvalue weighted by Gasteiger charge is 2.41. The average Bonchev–Trinajstić information content (AvgIpc) is 2.93. The number of H-pyrrole nitrogens is 1. The molecular formula is C13H18N2O3. The molecule has 0 aromatic carbocycles. The first-order valence-corrected chi connectivity index (χ1v) is 6.54. The van der Waals surface area contributed by atoms with Crippen molar-refractivity contribution in [2.24, 2.45) is 5.92 Å². The SMILES string of the molecule is O=C(c1ncc[nH]1)C1CCOC2(CCOCC2)C1. The van der Waals surface area contributed by atoms with Gasteiger partial charge in [-0.15, -0.1) is 0 Å². The zero-order chi connectivity index (χ0) is 12.4. The number of ketones is 1. The first-order valence-electron chi connectivity index (χ1n) is 6.54. The van der Waals surface area contributed by atoms with Crippen LogP contribution in [0.5, 0.6) is 0 Å². The molecule has 2 fully saturated rings. The second-order valence-corrected chi connectivity index (χ2v) is 5.14. The van der Waals surface area contributed by atoms with E-state index in [1.807, 2.05) is 0 Å². The first-order chi connectivity index (χ1) is 8.79. The summed E-state index contributed by atoms with van der Waals surface area (Å²) in [5.74, 6) is 0.626. The van der Waals surface area contributed by atoms with Gasteiger partial charge in [0.2, 0.25) is 5.78 Å². The zero-order valence-corrected chi connectivity index (χ0v) is 10.4. The highest BCUT2D eigenvalue weighted by atomic mass is 16.5. The molecule has 0 saturated carbocycles. The summed E-state index contributed by atoms with van der Waals surface area (Å²) in [5.41, 5.74) is -0.135. The van der Waals surface area contributed by atoms with E-state index in [4.69, 9.17) is 9.47 Å². The Bertz CT molecular complexity index is 404. The van der Waals surface area contributed by atoms with Crippen molar-refractivity contribution < 1.29 is 14.3 Å². The minimum Gasteiger partial charge on any atom is -0.381 e. The van der Waals surface area contributed by atoms with Gasteiger partial charge >= 0.3 is 0 Å². The van der Waals surface area contributed by atoms with E-state index < -0.39 is 0 Å². The van der Waals surface area contributed by atoms with Crippen LogP contribution in [0.4, 0.5) is 0 Å². The summed E-state index contributed by atoms with van der Waals surface area (Å²) in [4.78, 5) is 19.3. The Hall–Kier alpha value is -1.20. The maximum absolute atomic E-state index is 12.3. The molecule has 2 aliphatic rings. The lowest BCUT2D eigenvalue weighted by Gasteiger charge is -2.42. The van der Waals surface area contributed by atoms with E-state index >= 15 is 0 Å². The molecule has 0 amide bonds. The number of Topliss-reactive ketones (excluding diaryl/α,β-unsaturated/α-hetero) is 1. The van der Waals surface area contributed by atoms with Crippen LogP contribution in [0.3, 0.4) is 0 Å². The fraction of sp³-hybridized carbons (Fsp3) is 0.692. The molecule has 1 atom stereocenters. The van der Waals surface area contributed by atoms with Crippen LogP contribution in [-0.4, -0.2) is 41.2 Å². The Labute approximate surface area is 106 Å². The van der Waals surface area contributed by atoms with Crippen molar-refractivity contribution in [2.75, 3.05) is 19.8 Å². The van der Waals surface area contributed by atoms with Crippen LogP contribution in [0.2, 0.25) is 0 Å². The van der Waals surface area contributed by atoms with Crippen molar-refractivity contribution in [3.05, 3.63) is 18.2 Å². The molecule has 1 aromatic rings. The minimum absolute atomic E-state index is 0.0306. The van der Waals surface area contributed by atoms with Gasteiger partial charge in [-0.05, 0) is 25.7 Å². The largest absolute Gasteiger partial charge is 0.381 e. The summed E-state index contributed by atoms with van der Waals surface area (Å²) in [6.07, 6.45) is 6.70. The van der Waals surface area contributed by atoms with E-state index in [1.165, 1.54) is 0 Å². The predicted octanol–water partition coefficient (Wildman–Crippen LogP) is 1.57. The third-order valence-electron chi connectivity index (χ3n) is 4.00.